The summed E-state index contributed by atoms with van der Waals surface area (Å²) in [7, 11) is -3.84. The molecule has 0 saturated carbocycles. The van der Waals surface area contributed by atoms with Crippen molar-refractivity contribution in [2.24, 2.45) is 5.92 Å². The second-order valence-corrected chi connectivity index (χ2v) is 10.4. The van der Waals surface area contributed by atoms with Crippen molar-refractivity contribution in [3.05, 3.63) is 65.0 Å². The SMILES string of the molecule is CC1CCCN(S(=O)(=O)c2cc(C(=O)OC(C)c3nnc(-c4ccccc4)o3)ccc2Cl)C1. The second kappa shape index (κ2) is 9.62. The Morgan fingerprint density at radius 3 is 2.70 bits per heavy atom. The van der Waals surface area contributed by atoms with Crippen LogP contribution in [-0.2, 0) is 14.8 Å². The number of aromatic nitrogens is 2. The van der Waals surface area contributed by atoms with E-state index in [2.05, 4.69) is 10.2 Å². The largest absolute Gasteiger partial charge is 0.449 e. The van der Waals surface area contributed by atoms with Crippen LogP contribution in [0.25, 0.3) is 11.5 Å². The molecule has 2 unspecified atom stereocenters. The second-order valence-electron chi connectivity index (χ2n) is 8.11. The molecular formula is C23H24ClN3O5S. The van der Waals surface area contributed by atoms with Gasteiger partial charge in [0.15, 0.2) is 6.10 Å². The molecule has 0 N–H and O–H groups in total. The molecule has 2 heterocycles. The first-order chi connectivity index (χ1) is 15.8. The van der Waals surface area contributed by atoms with Gasteiger partial charge in [-0.15, -0.1) is 10.2 Å². The highest BCUT2D eigenvalue weighted by Crippen LogP contribution is 2.30. The summed E-state index contributed by atoms with van der Waals surface area (Å²) in [6.07, 6.45) is 0.930. The maximum atomic E-state index is 13.2. The summed E-state index contributed by atoms with van der Waals surface area (Å²) in [4.78, 5) is 12.7. The Bertz CT molecular complexity index is 1250. The van der Waals surface area contributed by atoms with Crippen molar-refractivity contribution in [3.8, 4) is 11.5 Å². The number of rotatable bonds is 6. The van der Waals surface area contributed by atoms with Crippen molar-refractivity contribution < 1.29 is 22.4 Å². The third kappa shape index (κ3) is 5.10. The van der Waals surface area contributed by atoms with Gasteiger partial charge in [0.05, 0.1) is 10.6 Å². The fraction of sp³-hybridized carbons (Fsp3) is 0.348. The van der Waals surface area contributed by atoms with Gasteiger partial charge >= 0.3 is 5.97 Å². The topological polar surface area (TPSA) is 103 Å². The predicted octanol–water partition coefficient (Wildman–Crippen LogP) is 4.73. The van der Waals surface area contributed by atoms with Crippen molar-refractivity contribution in [1.29, 1.82) is 0 Å². The van der Waals surface area contributed by atoms with Crippen LogP contribution < -0.4 is 0 Å². The lowest BCUT2D eigenvalue weighted by atomic mass is 10.0. The molecule has 1 aliphatic rings. The van der Waals surface area contributed by atoms with Gasteiger partial charge in [0.2, 0.25) is 15.9 Å². The maximum Gasteiger partial charge on any atom is 0.338 e. The summed E-state index contributed by atoms with van der Waals surface area (Å²) in [5.74, 6) is -0.0194. The molecule has 0 spiro atoms. The highest BCUT2D eigenvalue weighted by molar-refractivity contribution is 7.89. The first-order valence-corrected chi connectivity index (χ1v) is 12.5. The Kier molecular flexibility index (Phi) is 6.83. The average molecular weight is 490 g/mol. The number of halogens is 1. The van der Waals surface area contributed by atoms with Crippen molar-refractivity contribution in [2.75, 3.05) is 13.1 Å². The van der Waals surface area contributed by atoms with Gasteiger partial charge in [0.25, 0.3) is 5.89 Å². The number of esters is 1. The third-order valence-corrected chi connectivity index (χ3v) is 7.84. The molecule has 0 radical (unpaired) electrons. The minimum absolute atomic E-state index is 0.0576. The fourth-order valence-corrected chi connectivity index (χ4v) is 5.81. The quantitative estimate of drug-likeness (QED) is 0.461. The molecule has 174 valence electrons. The van der Waals surface area contributed by atoms with E-state index in [0.29, 0.717) is 19.0 Å². The van der Waals surface area contributed by atoms with Crippen LogP contribution in [0.2, 0.25) is 5.02 Å². The predicted molar refractivity (Wildman–Crippen MR) is 122 cm³/mol. The molecule has 8 nitrogen and oxygen atoms in total. The zero-order valence-corrected chi connectivity index (χ0v) is 19.8. The Morgan fingerprint density at radius 2 is 1.97 bits per heavy atom. The number of sulfonamides is 1. The molecule has 0 bridgehead atoms. The average Bonchev–Trinajstić information content (AvgIpc) is 3.30. The Balaban J connectivity index is 1.52. The van der Waals surface area contributed by atoms with Gasteiger partial charge in [0, 0.05) is 18.7 Å². The van der Waals surface area contributed by atoms with Gasteiger partial charge in [-0.3, -0.25) is 0 Å². The Morgan fingerprint density at radius 1 is 1.21 bits per heavy atom. The highest BCUT2D eigenvalue weighted by Gasteiger charge is 2.31. The summed E-state index contributed by atoms with van der Waals surface area (Å²) < 4.78 is 38.8. The summed E-state index contributed by atoms with van der Waals surface area (Å²) in [5, 5.41) is 8.01. The number of hydrogen-bond acceptors (Lipinski definition) is 7. The number of nitrogens with zero attached hydrogens (tertiary/aromatic N) is 3. The first kappa shape index (κ1) is 23.4. The number of ether oxygens (including phenoxy) is 1. The standard InChI is InChI=1S/C23H24ClN3O5S/c1-15-7-6-12-27(14-15)33(29,30)20-13-18(10-11-19(20)24)23(28)31-16(2)21-25-26-22(32-21)17-8-4-3-5-9-17/h3-5,8-11,13,15-16H,6-7,12,14H2,1-2H3. The highest BCUT2D eigenvalue weighted by atomic mass is 35.5. The number of carbonyl (C=O) groups is 1. The molecule has 10 heteroatoms. The normalized spacial score (nSPS) is 18.1. The van der Waals surface area contributed by atoms with Gasteiger partial charge in [-0.2, -0.15) is 4.31 Å². The number of hydrogen-bond donors (Lipinski definition) is 0. The summed E-state index contributed by atoms with van der Waals surface area (Å²) in [6.45, 7) is 4.46. The van der Waals surface area contributed by atoms with Crippen LogP contribution in [0.15, 0.2) is 57.8 Å². The molecule has 0 amide bonds. The molecule has 1 aliphatic heterocycles. The van der Waals surface area contributed by atoms with Crippen LogP contribution in [0.4, 0.5) is 0 Å². The van der Waals surface area contributed by atoms with Crippen molar-refractivity contribution in [2.45, 2.75) is 37.7 Å². The van der Waals surface area contributed by atoms with E-state index < -0.39 is 22.1 Å². The number of benzene rings is 2. The van der Waals surface area contributed by atoms with E-state index in [1.165, 1.54) is 22.5 Å². The molecule has 2 atom stereocenters. The first-order valence-electron chi connectivity index (χ1n) is 10.6. The van der Waals surface area contributed by atoms with E-state index >= 15 is 0 Å². The summed E-state index contributed by atoms with van der Waals surface area (Å²) in [6, 6.07) is 13.3. The molecule has 1 fully saturated rings. The van der Waals surface area contributed by atoms with Gasteiger partial charge in [-0.1, -0.05) is 36.7 Å². The fourth-order valence-electron chi connectivity index (χ4n) is 3.71. The van der Waals surface area contributed by atoms with Crippen molar-refractivity contribution in [3.63, 3.8) is 0 Å². The summed E-state index contributed by atoms with van der Waals surface area (Å²) >= 11 is 6.21. The monoisotopic (exact) mass is 489 g/mol. The number of piperidine rings is 1. The van der Waals surface area contributed by atoms with Gasteiger partial charge in [0.1, 0.15) is 4.90 Å². The summed E-state index contributed by atoms with van der Waals surface area (Å²) in [5.41, 5.74) is 0.812. The molecular weight excluding hydrogens is 466 g/mol. The van der Waals surface area contributed by atoms with Gasteiger partial charge < -0.3 is 9.15 Å². The van der Waals surface area contributed by atoms with E-state index in [4.69, 9.17) is 20.8 Å². The Hall–Kier alpha value is -2.75. The minimum atomic E-state index is -3.84. The van der Waals surface area contributed by atoms with E-state index in [-0.39, 0.29) is 27.3 Å². The minimum Gasteiger partial charge on any atom is -0.449 e. The molecule has 2 aromatic carbocycles. The zero-order valence-electron chi connectivity index (χ0n) is 18.3. The van der Waals surface area contributed by atoms with Crippen LogP contribution >= 0.6 is 11.6 Å². The van der Waals surface area contributed by atoms with Crippen molar-refractivity contribution >= 4 is 27.6 Å². The zero-order chi connectivity index (χ0) is 23.6. The third-order valence-electron chi connectivity index (χ3n) is 5.50. The lowest BCUT2D eigenvalue weighted by molar-refractivity contribution is 0.0279. The van der Waals surface area contributed by atoms with Gasteiger partial charge in [-0.25, -0.2) is 13.2 Å². The van der Waals surface area contributed by atoms with E-state index in [1.54, 1.807) is 6.92 Å². The van der Waals surface area contributed by atoms with E-state index in [9.17, 15) is 13.2 Å². The van der Waals surface area contributed by atoms with Crippen LogP contribution in [0.3, 0.4) is 0 Å². The Labute approximate surface area is 197 Å². The number of carbonyl (C=O) groups excluding carboxylic acids is 1. The molecule has 3 aromatic rings. The molecule has 4 rings (SSSR count). The molecule has 1 aromatic heterocycles. The molecule has 0 aliphatic carbocycles. The van der Waals surface area contributed by atoms with E-state index in [0.717, 1.165) is 18.4 Å². The van der Waals surface area contributed by atoms with Crippen LogP contribution in [0.5, 0.6) is 0 Å². The van der Waals surface area contributed by atoms with E-state index in [1.807, 2.05) is 37.3 Å². The molecule has 33 heavy (non-hydrogen) atoms. The smallest absolute Gasteiger partial charge is 0.338 e. The van der Waals surface area contributed by atoms with Crippen LogP contribution in [-0.4, -0.2) is 42.0 Å². The molecule has 1 saturated heterocycles. The van der Waals surface area contributed by atoms with Crippen molar-refractivity contribution in [1.82, 2.24) is 14.5 Å². The van der Waals surface area contributed by atoms with Crippen LogP contribution in [0, 0.1) is 5.92 Å². The maximum absolute atomic E-state index is 13.2. The van der Waals surface area contributed by atoms with Gasteiger partial charge in [-0.05, 0) is 56.0 Å². The lowest BCUT2D eigenvalue weighted by Crippen LogP contribution is -2.39. The lowest BCUT2D eigenvalue weighted by Gasteiger charge is -2.30. The van der Waals surface area contributed by atoms with Crippen LogP contribution in [0.1, 0.15) is 49.0 Å².